The van der Waals surface area contributed by atoms with Gasteiger partial charge < -0.3 is 15.7 Å². The Hall–Kier alpha value is -1.36. The lowest BCUT2D eigenvalue weighted by atomic mass is 9.86. The molecule has 20 heavy (non-hydrogen) atoms. The highest BCUT2D eigenvalue weighted by molar-refractivity contribution is 5.56. The molecule has 0 aliphatic heterocycles. The fourth-order valence-corrected chi connectivity index (χ4v) is 2.70. The number of nitrogens with one attached hydrogen (secondary N) is 2. The van der Waals surface area contributed by atoms with E-state index in [9.17, 15) is 5.11 Å². The molecule has 1 heterocycles. The lowest BCUT2D eigenvalue weighted by Gasteiger charge is -2.28. The molecule has 0 amide bonds. The van der Waals surface area contributed by atoms with E-state index in [4.69, 9.17) is 0 Å². The minimum atomic E-state index is -0.170. The lowest BCUT2D eigenvalue weighted by Crippen LogP contribution is -2.30. The molecule has 0 saturated heterocycles. The molecule has 1 aromatic heterocycles. The van der Waals surface area contributed by atoms with E-state index in [0.29, 0.717) is 5.92 Å². The first kappa shape index (κ1) is 15.0. The third kappa shape index (κ3) is 3.82. The summed E-state index contributed by atoms with van der Waals surface area (Å²) in [7, 11) is 0. The Balaban J connectivity index is 1.95. The van der Waals surface area contributed by atoms with E-state index in [1.54, 1.807) is 6.33 Å². The molecule has 1 saturated carbocycles. The second-order valence-electron chi connectivity index (χ2n) is 5.62. The lowest BCUT2D eigenvalue weighted by molar-refractivity contribution is 0.0763. The smallest absolute Gasteiger partial charge is 0.134 e. The van der Waals surface area contributed by atoms with Crippen LogP contribution in [-0.2, 0) is 0 Å². The minimum absolute atomic E-state index is 0.170. The fourth-order valence-electron chi connectivity index (χ4n) is 2.70. The number of nitrogens with zero attached hydrogens (tertiary/aromatic N) is 2. The average molecular weight is 278 g/mol. The molecule has 5 heteroatoms. The summed E-state index contributed by atoms with van der Waals surface area (Å²) < 4.78 is 0. The quantitative estimate of drug-likeness (QED) is 0.746. The maximum atomic E-state index is 10.0. The Labute approximate surface area is 121 Å². The molecule has 2 unspecified atom stereocenters. The summed E-state index contributed by atoms with van der Waals surface area (Å²) in [5.74, 6) is 2.11. The van der Waals surface area contributed by atoms with Crippen LogP contribution in [0.1, 0.15) is 44.6 Å². The SMILES string of the molecule is CCCNc1ncnc(NCC2CCCCC2O)c1C. The van der Waals surface area contributed by atoms with E-state index in [0.717, 1.165) is 56.0 Å². The van der Waals surface area contributed by atoms with E-state index in [2.05, 4.69) is 27.5 Å². The van der Waals surface area contributed by atoms with Gasteiger partial charge in [0.2, 0.25) is 0 Å². The van der Waals surface area contributed by atoms with Gasteiger partial charge in [-0.25, -0.2) is 9.97 Å². The van der Waals surface area contributed by atoms with Crippen molar-refractivity contribution in [2.75, 3.05) is 23.7 Å². The number of rotatable bonds is 6. The van der Waals surface area contributed by atoms with Crippen LogP contribution in [0.2, 0.25) is 0 Å². The molecule has 2 rings (SSSR count). The van der Waals surface area contributed by atoms with Gasteiger partial charge in [0, 0.05) is 24.6 Å². The average Bonchev–Trinajstić information content (AvgIpc) is 2.46. The zero-order valence-electron chi connectivity index (χ0n) is 12.5. The summed E-state index contributed by atoms with van der Waals surface area (Å²) in [6.07, 6.45) is 6.88. The second-order valence-corrected chi connectivity index (χ2v) is 5.62. The highest BCUT2D eigenvalue weighted by Crippen LogP contribution is 2.25. The first-order valence-corrected chi connectivity index (χ1v) is 7.69. The number of aromatic nitrogens is 2. The van der Waals surface area contributed by atoms with Gasteiger partial charge in [0.15, 0.2) is 0 Å². The molecule has 112 valence electrons. The van der Waals surface area contributed by atoms with Crippen molar-refractivity contribution < 1.29 is 5.11 Å². The van der Waals surface area contributed by atoms with Crippen molar-refractivity contribution in [1.82, 2.24) is 9.97 Å². The van der Waals surface area contributed by atoms with Crippen LogP contribution >= 0.6 is 0 Å². The standard InChI is InChI=1S/C15H26N4O/c1-3-8-16-14-11(2)15(19-10-18-14)17-9-12-6-4-5-7-13(12)20/h10,12-13,20H,3-9H2,1-2H3,(H2,16,17,18,19). The molecule has 1 fully saturated rings. The van der Waals surface area contributed by atoms with Crippen molar-refractivity contribution in [2.45, 2.75) is 52.1 Å². The molecule has 1 aromatic rings. The third-order valence-electron chi connectivity index (χ3n) is 4.03. The van der Waals surface area contributed by atoms with Crippen LogP contribution in [0.4, 0.5) is 11.6 Å². The summed E-state index contributed by atoms with van der Waals surface area (Å²) >= 11 is 0. The highest BCUT2D eigenvalue weighted by atomic mass is 16.3. The highest BCUT2D eigenvalue weighted by Gasteiger charge is 2.23. The zero-order valence-corrected chi connectivity index (χ0v) is 12.5. The molecule has 0 radical (unpaired) electrons. The van der Waals surface area contributed by atoms with Crippen LogP contribution in [0.25, 0.3) is 0 Å². The maximum absolute atomic E-state index is 10.0. The predicted octanol–water partition coefficient (Wildman–Crippen LogP) is 2.57. The number of hydrogen-bond donors (Lipinski definition) is 3. The van der Waals surface area contributed by atoms with Gasteiger partial charge >= 0.3 is 0 Å². The van der Waals surface area contributed by atoms with Crippen molar-refractivity contribution >= 4 is 11.6 Å². The molecule has 1 aliphatic rings. The van der Waals surface area contributed by atoms with Crippen molar-refractivity contribution in [1.29, 1.82) is 0 Å². The molecular weight excluding hydrogens is 252 g/mol. The normalized spacial score (nSPS) is 22.6. The van der Waals surface area contributed by atoms with Gasteiger partial charge in [0.25, 0.3) is 0 Å². The Morgan fingerprint density at radius 1 is 1.20 bits per heavy atom. The summed E-state index contributed by atoms with van der Waals surface area (Å²) in [5.41, 5.74) is 1.05. The van der Waals surface area contributed by atoms with E-state index < -0.39 is 0 Å². The van der Waals surface area contributed by atoms with Crippen LogP contribution in [-0.4, -0.2) is 34.3 Å². The first-order valence-electron chi connectivity index (χ1n) is 7.69. The van der Waals surface area contributed by atoms with Gasteiger partial charge in [-0.1, -0.05) is 19.8 Å². The maximum Gasteiger partial charge on any atom is 0.134 e. The summed E-state index contributed by atoms with van der Waals surface area (Å²) in [6.45, 7) is 5.86. The van der Waals surface area contributed by atoms with E-state index in [1.807, 2.05) is 6.92 Å². The van der Waals surface area contributed by atoms with Crippen molar-refractivity contribution in [3.05, 3.63) is 11.9 Å². The first-order chi connectivity index (χ1) is 9.72. The Bertz CT molecular complexity index is 424. The molecule has 3 N–H and O–H groups in total. The topological polar surface area (TPSA) is 70.1 Å². The molecular formula is C15H26N4O. The molecule has 0 aromatic carbocycles. The number of hydrogen-bond acceptors (Lipinski definition) is 5. The van der Waals surface area contributed by atoms with Crippen molar-refractivity contribution in [3.8, 4) is 0 Å². The molecule has 5 nitrogen and oxygen atoms in total. The summed E-state index contributed by atoms with van der Waals surface area (Å²) in [5, 5.41) is 16.7. The largest absolute Gasteiger partial charge is 0.393 e. The second kappa shape index (κ2) is 7.43. The minimum Gasteiger partial charge on any atom is -0.393 e. The van der Waals surface area contributed by atoms with E-state index in [1.165, 1.54) is 6.42 Å². The van der Waals surface area contributed by atoms with Crippen molar-refractivity contribution in [2.24, 2.45) is 5.92 Å². The number of anilines is 2. The van der Waals surface area contributed by atoms with Crippen LogP contribution in [0.5, 0.6) is 0 Å². The van der Waals surface area contributed by atoms with Gasteiger partial charge in [0.1, 0.15) is 18.0 Å². The van der Waals surface area contributed by atoms with Crippen LogP contribution in [0, 0.1) is 12.8 Å². The number of aliphatic hydroxyl groups excluding tert-OH is 1. The third-order valence-corrected chi connectivity index (χ3v) is 4.03. The predicted molar refractivity (Wildman–Crippen MR) is 82.0 cm³/mol. The zero-order chi connectivity index (χ0) is 14.4. The van der Waals surface area contributed by atoms with Gasteiger partial charge in [-0.15, -0.1) is 0 Å². The number of aliphatic hydroxyl groups is 1. The van der Waals surface area contributed by atoms with Gasteiger partial charge in [-0.3, -0.25) is 0 Å². The van der Waals surface area contributed by atoms with E-state index >= 15 is 0 Å². The molecule has 2 atom stereocenters. The Morgan fingerprint density at radius 2 is 1.90 bits per heavy atom. The van der Waals surface area contributed by atoms with Crippen molar-refractivity contribution in [3.63, 3.8) is 0 Å². The summed E-state index contributed by atoms with van der Waals surface area (Å²) in [4.78, 5) is 8.59. The fraction of sp³-hybridized carbons (Fsp3) is 0.733. The summed E-state index contributed by atoms with van der Waals surface area (Å²) in [6, 6.07) is 0. The Morgan fingerprint density at radius 3 is 2.60 bits per heavy atom. The van der Waals surface area contributed by atoms with Gasteiger partial charge in [-0.05, 0) is 26.2 Å². The Kier molecular flexibility index (Phi) is 5.59. The molecule has 1 aliphatic carbocycles. The van der Waals surface area contributed by atoms with Crippen LogP contribution < -0.4 is 10.6 Å². The van der Waals surface area contributed by atoms with Gasteiger partial charge in [-0.2, -0.15) is 0 Å². The van der Waals surface area contributed by atoms with E-state index in [-0.39, 0.29) is 6.10 Å². The van der Waals surface area contributed by atoms with Crippen LogP contribution in [0.15, 0.2) is 6.33 Å². The van der Waals surface area contributed by atoms with Crippen LogP contribution in [0.3, 0.4) is 0 Å². The van der Waals surface area contributed by atoms with Gasteiger partial charge in [0.05, 0.1) is 6.10 Å². The molecule has 0 bridgehead atoms. The molecule has 0 spiro atoms. The monoisotopic (exact) mass is 278 g/mol.